The molecule has 1 saturated heterocycles. The third-order valence-electron chi connectivity index (χ3n) is 4.12. The fourth-order valence-electron chi connectivity index (χ4n) is 2.75. The van der Waals surface area contributed by atoms with Crippen LogP contribution < -0.4 is 16.1 Å². The number of rotatable bonds is 4. The number of ether oxygens (including phenoxy) is 2. The maximum atomic E-state index is 11.6. The van der Waals surface area contributed by atoms with E-state index < -0.39 is 42.9 Å². The first-order valence-electron chi connectivity index (χ1n) is 7.68. The summed E-state index contributed by atoms with van der Waals surface area (Å²) in [6.45, 7) is -0.397. The van der Waals surface area contributed by atoms with Gasteiger partial charge < -0.3 is 40.1 Å². The van der Waals surface area contributed by atoms with Crippen molar-refractivity contribution in [3.05, 3.63) is 40.2 Å². The molecule has 1 aromatic carbocycles. The van der Waals surface area contributed by atoms with E-state index in [9.17, 15) is 25.2 Å². The summed E-state index contributed by atoms with van der Waals surface area (Å²) in [6.07, 6.45) is -6.95. The molecule has 1 aromatic heterocycles. The first-order chi connectivity index (χ1) is 11.9. The third kappa shape index (κ3) is 3.38. The molecule has 9 heteroatoms. The first-order valence-corrected chi connectivity index (χ1v) is 7.68. The average molecular weight is 353 g/mol. The Kier molecular flexibility index (Phi) is 5.04. The Morgan fingerprint density at radius 2 is 1.88 bits per heavy atom. The molecule has 0 aliphatic carbocycles. The summed E-state index contributed by atoms with van der Waals surface area (Å²) in [7, 11) is 0. The number of hydrogen-bond donors (Lipinski definition) is 5. The monoisotopic (exact) mass is 353 g/mol. The van der Waals surface area contributed by atoms with Crippen LogP contribution in [0, 0.1) is 0 Å². The van der Waals surface area contributed by atoms with Crippen LogP contribution in [0.25, 0.3) is 11.0 Å². The topological polar surface area (TPSA) is 156 Å². The lowest BCUT2D eigenvalue weighted by Gasteiger charge is -2.39. The summed E-state index contributed by atoms with van der Waals surface area (Å²) < 4.78 is 15.9. The van der Waals surface area contributed by atoms with Gasteiger partial charge in [-0.2, -0.15) is 0 Å². The van der Waals surface area contributed by atoms with Crippen LogP contribution in [0.15, 0.2) is 33.5 Å². The van der Waals surface area contributed by atoms with Crippen molar-refractivity contribution in [2.24, 2.45) is 5.73 Å². The second-order valence-electron chi connectivity index (χ2n) is 5.77. The van der Waals surface area contributed by atoms with Gasteiger partial charge in [-0.15, -0.1) is 0 Å². The summed E-state index contributed by atoms with van der Waals surface area (Å²) in [6, 6.07) is 5.93. The van der Waals surface area contributed by atoms with Crippen LogP contribution in [0.2, 0.25) is 0 Å². The molecule has 0 unspecified atom stereocenters. The van der Waals surface area contributed by atoms with Crippen LogP contribution in [0.1, 0.15) is 5.56 Å². The van der Waals surface area contributed by atoms with Crippen LogP contribution in [0.4, 0.5) is 0 Å². The summed E-state index contributed by atoms with van der Waals surface area (Å²) >= 11 is 0. The maximum absolute atomic E-state index is 11.6. The Morgan fingerprint density at radius 3 is 2.56 bits per heavy atom. The maximum Gasteiger partial charge on any atom is 0.336 e. The first kappa shape index (κ1) is 17.8. The van der Waals surface area contributed by atoms with Crippen LogP contribution in [-0.2, 0) is 11.3 Å². The molecule has 0 amide bonds. The molecule has 5 atom stereocenters. The quantitative estimate of drug-likeness (QED) is 0.410. The third-order valence-corrected chi connectivity index (χ3v) is 4.12. The van der Waals surface area contributed by atoms with E-state index in [0.29, 0.717) is 10.9 Å². The minimum Gasteiger partial charge on any atom is -0.462 e. The molecule has 1 fully saturated rings. The number of aliphatic hydroxyl groups is 4. The van der Waals surface area contributed by atoms with E-state index in [2.05, 4.69) is 0 Å². The molecule has 25 heavy (non-hydrogen) atoms. The van der Waals surface area contributed by atoms with Gasteiger partial charge in [0, 0.05) is 24.1 Å². The average Bonchev–Trinajstić information content (AvgIpc) is 2.61. The summed E-state index contributed by atoms with van der Waals surface area (Å²) in [4.78, 5) is 11.6. The highest BCUT2D eigenvalue weighted by atomic mass is 16.7. The highest BCUT2D eigenvalue weighted by Crippen LogP contribution is 2.27. The number of nitrogens with two attached hydrogens (primary N) is 1. The number of hydrogen-bond acceptors (Lipinski definition) is 9. The highest BCUT2D eigenvalue weighted by molar-refractivity contribution is 5.81. The van der Waals surface area contributed by atoms with Gasteiger partial charge in [0.25, 0.3) is 0 Å². The fourth-order valence-corrected chi connectivity index (χ4v) is 2.75. The van der Waals surface area contributed by atoms with Crippen molar-refractivity contribution in [2.75, 3.05) is 6.61 Å². The Labute approximate surface area is 141 Å². The van der Waals surface area contributed by atoms with Crippen molar-refractivity contribution < 1.29 is 34.3 Å². The molecule has 136 valence electrons. The predicted octanol–water partition coefficient (Wildman–Crippen LogP) is -1.57. The molecule has 0 spiro atoms. The fraction of sp³-hybridized carbons (Fsp3) is 0.438. The molecular weight excluding hydrogens is 334 g/mol. The lowest BCUT2D eigenvalue weighted by atomic mass is 9.99. The zero-order chi connectivity index (χ0) is 18.1. The Balaban J connectivity index is 1.88. The van der Waals surface area contributed by atoms with E-state index in [0.717, 1.165) is 0 Å². The van der Waals surface area contributed by atoms with Crippen LogP contribution in [0.3, 0.4) is 0 Å². The number of fused-ring (bicyclic) bond motifs is 1. The minimum atomic E-state index is -1.54. The lowest BCUT2D eigenvalue weighted by Crippen LogP contribution is -2.60. The van der Waals surface area contributed by atoms with Gasteiger partial charge in [-0.1, -0.05) is 0 Å². The minimum absolute atomic E-state index is 0.162. The molecule has 3 rings (SSSR count). The lowest BCUT2D eigenvalue weighted by molar-refractivity contribution is -0.277. The van der Waals surface area contributed by atoms with Gasteiger partial charge in [0.15, 0.2) is 0 Å². The van der Waals surface area contributed by atoms with Crippen molar-refractivity contribution >= 4 is 11.0 Å². The Bertz CT molecular complexity index is 804. The van der Waals surface area contributed by atoms with Gasteiger partial charge >= 0.3 is 5.63 Å². The van der Waals surface area contributed by atoms with E-state index in [-0.39, 0.29) is 17.9 Å². The van der Waals surface area contributed by atoms with Crippen LogP contribution in [0.5, 0.6) is 5.75 Å². The Hall–Kier alpha value is -2.01. The summed E-state index contributed by atoms with van der Waals surface area (Å²) in [5, 5.41) is 39.4. The van der Waals surface area contributed by atoms with Gasteiger partial charge in [0.1, 0.15) is 35.7 Å². The van der Waals surface area contributed by atoms with Crippen molar-refractivity contribution in [3.8, 4) is 5.75 Å². The normalized spacial score (nSPS) is 29.7. The van der Waals surface area contributed by atoms with Gasteiger partial charge in [-0.25, -0.2) is 4.79 Å². The molecule has 0 radical (unpaired) electrons. The van der Waals surface area contributed by atoms with Crippen molar-refractivity contribution in [3.63, 3.8) is 0 Å². The van der Waals surface area contributed by atoms with E-state index in [1.54, 1.807) is 12.1 Å². The van der Waals surface area contributed by atoms with E-state index in [4.69, 9.17) is 19.6 Å². The van der Waals surface area contributed by atoms with Crippen LogP contribution in [-0.4, -0.2) is 57.7 Å². The van der Waals surface area contributed by atoms with Crippen molar-refractivity contribution in [2.45, 2.75) is 37.3 Å². The summed E-state index contributed by atoms with van der Waals surface area (Å²) in [5.41, 5.74) is 5.91. The number of benzene rings is 1. The van der Waals surface area contributed by atoms with Gasteiger partial charge in [0.2, 0.25) is 6.29 Å². The smallest absolute Gasteiger partial charge is 0.336 e. The molecule has 9 nitrogen and oxygen atoms in total. The SMILES string of the molecule is NCc1cc(=O)oc2cc(O[C@H]3O[C@H](CO)[C@@H](O)[C@H](O)[C@@H]3O)ccc12. The van der Waals surface area contributed by atoms with Crippen LogP contribution >= 0.6 is 0 Å². The van der Waals surface area contributed by atoms with E-state index in [1.165, 1.54) is 12.1 Å². The molecular formula is C16H19NO8. The van der Waals surface area contributed by atoms with Gasteiger partial charge in [-0.05, 0) is 17.7 Å². The standard InChI is InChI=1S/C16H19NO8/c17-5-7-3-12(19)24-10-4-8(1-2-9(7)10)23-16-15(22)14(21)13(20)11(6-18)25-16/h1-4,11,13-16,18,20-22H,5-6,17H2/t11-,13-,14+,15+,16+/m1/s1. The second kappa shape index (κ2) is 7.08. The molecule has 2 heterocycles. The second-order valence-corrected chi connectivity index (χ2v) is 5.77. The zero-order valence-corrected chi connectivity index (χ0v) is 13.1. The predicted molar refractivity (Wildman–Crippen MR) is 84.8 cm³/mol. The molecule has 2 aromatic rings. The highest BCUT2D eigenvalue weighted by Gasteiger charge is 2.44. The van der Waals surface area contributed by atoms with Gasteiger partial charge in [0.05, 0.1) is 6.61 Å². The Morgan fingerprint density at radius 1 is 1.12 bits per heavy atom. The van der Waals surface area contributed by atoms with E-state index >= 15 is 0 Å². The molecule has 1 aliphatic heterocycles. The largest absolute Gasteiger partial charge is 0.462 e. The van der Waals surface area contributed by atoms with Crippen molar-refractivity contribution in [1.82, 2.24) is 0 Å². The molecule has 0 saturated carbocycles. The van der Waals surface area contributed by atoms with Gasteiger partial charge in [-0.3, -0.25) is 0 Å². The number of aliphatic hydroxyl groups excluding tert-OH is 4. The summed E-state index contributed by atoms with van der Waals surface area (Å²) in [5.74, 6) is 0.203. The molecule has 6 N–H and O–H groups in total. The molecule has 1 aliphatic rings. The van der Waals surface area contributed by atoms with Crippen molar-refractivity contribution in [1.29, 1.82) is 0 Å². The zero-order valence-electron chi connectivity index (χ0n) is 13.1. The molecule has 0 bridgehead atoms. The van der Waals surface area contributed by atoms with E-state index in [1.807, 2.05) is 0 Å².